The molecule has 0 aliphatic rings. The Morgan fingerprint density at radius 3 is 2.00 bits per heavy atom. The van der Waals surface area contributed by atoms with Crippen LogP contribution in [0.1, 0.15) is 5.56 Å². The summed E-state index contributed by atoms with van der Waals surface area (Å²) in [5, 5.41) is 7.39. The molecule has 0 saturated carbocycles. The summed E-state index contributed by atoms with van der Waals surface area (Å²) < 4.78 is 0. The van der Waals surface area contributed by atoms with Gasteiger partial charge in [-0.25, -0.2) is 9.78 Å². The number of pyridine rings is 1. The van der Waals surface area contributed by atoms with Gasteiger partial charge in [0.25, 0.3) is 0 Å². The monoisotopic (exact) mass is 455 g/mol. The lowest BCUT2D eigenvalue weighted by Gasteiger charge is -2.13. The van der Waals surface area contributed by atoms with Gasteiger partial charge in [0.05, 0.1) is 5.69 Å². The summed E-state index contributed by atoms with van der Waals surface area (Å²) in [7, 11) is 0. The zero-order chi connectivity index (χ0) is 22.2. The third kappa shape index (κ3) is 6.03. The summed E-state index contributed by atoms with van der Waals surface area (Å²) in [6.07, 6.45) is 1.76. The molecule has 4 aromatic rings. The van der Waals surface area contributed by atoms with E-state index in [4.69, 9.17) is 4.98 Å². The Hall–Kier alpha value is -3.48. The van der Waals surface area contributed by atoms with Crippen molar-refractivity contribution in [1.82, 2.24) is 4.98 Å². The SMILES string of the molecule is C=Cc1ccc(NC(=O)Nc2ccc(Sc3ccccc3)nc2Sc2ccccc2)cc1. The van der Waals surface area contributed by atoms with Gasteiger partial charge >= 0.3 is 6.03 Å². The van der Waals surface area contributed by atoms with Crippen molar-refractivity contribution in [2.45, 2.75) is 19.8 Å². The minimum atomic E-state index is -0.323. The van der Waals surface area contributed by atoms with Crippen LogP contribution in [0.25, 0.3) is 6.08 Å². The lowest BCUT2D eigenvalue weighted by molar-refractivity contribution is 0.262. The molecule has 32 heavy (non-hydrogen) atoms. The molecule has 1 heterocycles. The Kier molecular flexibility index (Phi) is 7.27. The van der Waals surface area contributed by atoms with Gasteiger partial charge in [-0.05, 0) is 54.1 Å². The Balaban J connectivity index is 1.54. The summed E-state index contributed by atoms with van der Waals surface area (Å²) in [5.74, 6) is 0. The van der Waals surface area contributed by atoms with Crippen LogP contribution in [0.15, 0.2) is 123 Å². The number of urea groups is 1. The molecule has 0 fully saturated rings. The summed E-state index contributed by atoms with van der Waals surface area (Å²) in [6, 6.07) is 31.1. The number of benzene rings is 3. The molecule has 4 rings (SSSR count). The lowest BCUT2D eigenvalue weighted by Crippen LogP contribution is -2.20. The molecular weight excluding hydrogens is 434 g/mol. The first-order valence-electron chi connectivity index (χ1n) is 9.97. The van der Waals surface area contributed by atoms with Crippen molar-refractivity contribution < 1.29 is 4.79 Å². The van der Waals surface area contributed by atoms with E-state index in [9.17, 15) is 4.79 Å². The van der Waals surface area contributed by atoms with E-state index in [-0.39, 0.29) is 6.03 Å². The highest BCUT2D eigenvalue weighted by Gasteiger charge is 2.12. The smallest absolute Gasteiger partial charge is 0.308 e. The van der Waals surface area contributed by atoms with E-state index in [0.29, 0.717) is 11.4 Å². The number of carbonyl (C=O) groups is 1. The van der Waals surface area contributed by atoms with Crippen LogP contribution in [0.4, 0.5) is 16.2 Å². The van der Waals surface area contributed by atoms with Crippen LogP contribution in [0.3, 0.4) is 0 Å². The first-order chi connectivity index (χ1) is 15.7. The van der Waals surface area contributed by atoms with Crippen LogP contribution in [0.2, 0.25) is 0 Å². The number of amides is 2. The largest absolute Gasteiger partial charge is 0.323 e. The van der Waals surface area contributed by atoms with Crippen molar-refractivity contribution in [2.24, 2.45) is 0 Å². The molecule has 0 bridgehead atoms. The molecule has 0 atom stereocenters. The fourth-order valence-electron chi connectivity index (χ4n) is 2.85. The van der Waals surface area contributed by atoms with Gasteiger partial charge in [0.2, 0.25) is 0 Å². The number of rotatable bonds is 7. The van der Waals surface area contributed by atoms with E-state index in [1.165, 1.54) is 11.8 Å². The second-order valence-electron chi connectivity index (χ2n) is 6.74. The molecule has 0 aliphatic carbocycles. The second-order valence-corrected chi connectivity index (χ2v) is 8.89. The summed E-state index contributed by atoms with van der Waals surface area (Å²) in [5.41, 5.74) is 2.35. The molecule has 0 spiro atoms. The van der Waals surface area contributed by atoms with E-state index < -0.39 is 0 Å². The van der Waals surface area contributed by atoms with Crippen molar-refractivity contribution in [2.75, 3.05) is 10.6 Å². The summed E-state index contributed by atoms with van der Waals surface area (Å²) in [6.45, 7) is 3.74. The zero-order valence-corrected chi connectivity index (χ0v) is 18.8. The van der Waals surface area contributed by atoms with Crippen LogP contribution < -0.4 is 10.6 Å². The molecule has 0 unspecified atom stereocenters. The van der Waals surface area contributed by atoms with E-state index in [1.807, 2.05) is 97.1 Å². The molecule has 6 heteroatoms. The van der Waals surface area contributed by atoms with Gasteiger partial charge in [0.15, 0.2) is 0 Å². The predicted octanol–water partition coefficient (Wildman–Crippen LogP) is 7.67. The van der Waals surface area contributed by atoms with Gasteiger partial charge in [-0.1, -0.05) is 84.7 Å². The molecule has 158 valence electrons. The number of aromatic nitrogens is 1. The fraction of sp³-hybridized carbons (Fsp3) is 0. The van der Waals surface area contributed by atoms with E-state index in [1.54, 1.807) is 17.8 Å². The van der Waals surface area contributed by atoms with E-state index in [0.717, 1.165) is 25.4 Å². The highest BCUT2D eigenvalue weighted by molar-refractivity contribution is 8.00. The molecule has 0 saturated heterocycles. The summed E-state index contributed by atoms with van der Waals surface area (Å²) >= 11 is 3.10. The molecular formula is C26H21N3OS2. The van der Waals surface area contributed by atoms with Crippen molar-refractivity contribution in [3.63, 3.8) is 0 Å². The minimum absolute atomic E-state index is 0.323. The summed E-state index contributed by atoms with van der Waals surface area (Å²) in [4.78, 5) is 19.6. The Morgan fingerprint density at radius 2 is 1.38 bits per heavy atom. The maximum atomic E-state index is 12.6. The first-order valence-corrected chi connectivity index (χ1v) is 11.6. The second kappa shape index (κ2) is 10.7. The number of nitrogens with one attached hydrogen (secondary N) is 2. The molecule has 2 amide bonds. The average Bonchev–Trinajstić information content (AvgIpc) is 2.82. The first kappa shape index (κ1) is 21.7. The normalized spacial score (nSPS) is 10.4. The van der Waals surface area contributed by atoms with Gasteiger partial charge < -0.3 is 10.6 Å². The Bertz CT molecular complexity index is 1200. The molecule has 4 nitrogen and oxygen atoms in total. The van der Waals surface area contributed by atoms with Crippen LogP contribution in [-0.4, -0.2) is 11.0 Å². The topological polar surface area (TPSA) is 54.0 Å². The van der Waals surface area contributed by atoms with Gasteiger partial charge in [-0.3, -0.25) is 0 Å². The van der Waals surface area contributed by atoms with E-state index >= 15 is 0 Å². The quantitative estimate of drug-likeness (QED) is 0.300. The van der Waals surface area contributed by atoms with Gasteiger partial charge in [0, 0.05) is 15.5 Å². The Labute approximate surface area is 196 Å². The molecule has 1 aromatic heterocycles. The minimum Gasteiger partial charge on any atom is -0.308 e. The molecule has 0 aliphatic heterocycles. The van der Waals surface area contributed by atoms with Crippen molar-refractivity contribution >= 4 is 47.0 Å². The highest BCUT2D eigenvalue weighted by Crippen LogP contribution is 2.35. The van der Waals surface area contributed by atoms with Crippen LogP contribution in [0, 0.1) is 0 Å². The van der Waals surface area contributed by atoms with Gasteiger partial charge in [0.1, 0.15) is 10.1 Å². The molecule has 0 radical (unpaired) electrons. The van der Waals surface area contributed by atoms with Gasteiger partial charge in [-0.15, -0.1) is 0 Å². The van der Waals surface area contributed by atoms with Crippen molar-refractivity contribution in [3.05, 3.63) is 109 Å². The predicted molar refractivity (Wildman–Crippen MR) is 135 cm³/mol. The van der Waals surface area contributed by atoms with Crippen LogP contribution in [0.5, 0.6) is 0 Å². The number of hydrogen-bond acceptors (Lipinski definition) is 4. The number of nitrogens with zero attached hydrogens (tertiary/aromatic N) is 1. The maximum Gasteiger partial charge on any atom is 0.323 e. The third-order valence-corrected chi connectivity index (χ3v) is 6.37. The average molecular weight is 456 g/mol. The maximum absolute atomic E-state index is 12.6. The van der Waals surface area contributed by atoms with Crippen molar-refractivity contribution in [3.8, 4) is 0 Å². The molecule has 2 N–H and O–H groups in total. The highest BCUT2D eigenvalue weighted by atomic mass is 32.2. The van der Waals surface area contributed by atoms with E-state index in [2.05, 4.69) is 17.2 Å². The van der Waals surface area contributed by atoms with Gasteiger partial charge in [-0.2, -0.15) is 0 Å². The number of anilines is 2. The van der Waals surface area contributed by atoms with Crippen LogP contribution in [-0.2, 0) is 0 Å². The lowest BCUT2D eigenvalue weighted by atomic mass is 10.2. The van der Waals surface area contributed by atoms with Crippen LogP contribution >= 0.6 is 23.5 Å². The standard InChI is InChI=1S/C26H21N3OS2/c1-2-19-13-15-20(16-14-19)27-26(30)28-23-17-18-24(31-21-9-5-3-6-10-21)29-25(23)32-22-11-7-4-8-12-22/h2-18H,1H2,(H2,27,28,30). The third-order valence-electron chi connectivity index (χ3n) is 4.41. The number of carbonyl (C=O) groups excluding carboxylic acids is 1. The fourth-order valence-corrected chi connectivity index (χ4v) is 4.60. The van der Waals surface area contributed by atoms with Crippen molar-refractivity contribution in [1.29, 1.82) is 0 Å². The number of hydrogen-bond donors (Lipinski definition) is 2. The zero-order valence-electron chi connectivity index (χ0n) is 17.2. The molecule has 3 aromatic carbocycles. The Morgan fingerprint density at radius 1 is 0.750 bits per heavy atom.